The third-order valence-corrected chi connectivity index (χ3v) is 9.93. The highest BCUT2D eigenvalue weighted by Crippen LogP contribution is 2.52. The Morgan fingerprint density at radius 3 is 2.09 bits per heavy atom. The summed E-state index contributed by atoms with van der Waals surface area (Å²) in [6, 6.07) is 21.0. The molecule has 4 aliphatic heterocycles. The van der Waals surface area contributed by atoms with Gasteiger partial charge in [0.05, 0.1) is 26.4 Å². The molecule has 234 valence electrons. The van der Waals surface area contributed by atoms with E-state index < -0.39 is 0 Å². The number of methoxy groups -OCH3 is 3. The largest absolute Gasteiger partial charge is 0.493 e. The quantitative estimate of drug-likeness (QED) is 0.230. The number of hydrogen-bond donors (Lipinski definition) is 0. The molecule has 0 unspecified atom stereocenters. The summed E-state index contributed by atoms with van der Waals surface area (Å²) in [6.45, 7) is 1.86. The van der Waals surface area contributed by atoms with Crippen LogP contribution in [-0.4, -0.2) is 58.3 Å². The van der Waals surface area contributed by atoms with Gasteiger partial charge in [-0.05, 0) is 110 Å². The van der Waals surface area contributed by atoms with E-state index in [2.05, 4.69) is 60.3 Å². The van der Waals surface area contributed by atoms with Crippen LogP contribution in [0.4, 0.5) is 0 Å². The number of rotatable bonds is 3. The lowest BCUT2D eigenvalue weighted by atomic mass is 9.87. The van der Waals surface area contributed by atoms with Crippen molar-refractivity contribution in [2.75, 3.05) is 48.5 Å². The third-order valence-electron chi connectivity index (χ3n) is 9.62. The lowest BCUT2D eigenvalue weighted by molar-refractivity contribution is 0.220. The summed E-state index contributed by atoms with van der Waals surface area (Å²) >= 11 is 6.66. The van der Waals surface area contributed by atoms with Crippen molar-refractivity contribution in [3.8, 4) is 40.2 Å². The minimum absolute atomic E-state index is 0.00162. The molecule has 8 rings (SSSR count). The second-order valence-corrected chi connectivity index (χ2v) is 12.6. The first kappa shape index (κ1) is 29.8. The first-order valence-corrected chi connectivity index (χ1v) is 15.9. The topological polar surface area (TPSA) is 52.6 Å². The van der Waals surface area contributed by atoms with Crippen molar-refractivity contribution in [2.45, 2.75) is 37.8 Å². The van der Waals surface area contributed by atoms with Gasteiger partial charge in [0.15, 0.2) is 23.0 Å². The van der Waals surface area contributed by atoms with E-state index in [9.17, 15) is 0 Å². The summed E-state index contributed by atoms with van der Waals surface area (Å²) in [6.07, 6.45) is 3.36. The molecule has 0 amide bonds. The average Bonchev–Trinajstić information content (AvgIpc) is 3.05. The minimum Gasteiger partial charge on any atom is -0.493 e. The number of fused-ring (bicyclic) bond motifs is 2. The molecule has 0 saturated carbocycles. The van der Waals surface area contributed by atoms with Crippen molar-refractivity contribution in [1.29, 1.82) is 0 Å². The molecule has 0 aromatic heterocycles. The Kier molecular flexibility index (Phi) is 8.02. The van der Waals surface area contributed by atoms with Gasteiger partial charge in [0.25, 0.3) is 0 Å². The van der Waals surface area contributed by atoms with E-state index in [0.717, 1.165) is 55.6 Å². The van der Waals surface area contributed by atoms with Gasteiger partial charge in [-0.3, -0.25) is 9.80 Å². The second kappa shape index (κ2) is 12.1. The molecule has 4 aromatic carbocycles. The van der Waals surface area contributed by atoms with E-state index in [-0.39, 0.29) is 12.1 Å². The number of benzene rings is 4. The summed E-state index contributed by atoms with van der Waals surface area (Å²) in [7, 11) is 9.40. The maximum atomic E-state index is 7.01. The molecule has 6 bridgehead atoms. The maximum absolute atomic E-state index is 7.01. The van der Waals surface area contributed by atoms with Crippen molar-refractivity contribution < 1.29 is 23.7 Å². The molecule has 4 aliphatic rings. The van der Waals surface area contributed by atoms with Crippen LogP contribution in [0.1, 0.15) is 45.5 Å². The fraction of sp³-hybridized carbons (Fsp3) is 0.351. The Labute approximate surface area is 270 Å². The fourth-order valence-electron chi connectivity index (χ4n) is 7.10. The number of hydrogen-bond acceptors (Lipinski definition) is 7. The molecule has 0 aliphatic carbocycles. The van der Waals surface area contributed by atoms with Gasteiger partial charge in [-0.2, -0.15) is 0 Å². The Bertz CT molecular complexity index is 1740. The van der Waals surface area contributed by atoms with Gasteiger partial charge in [-0.15, -0.1) is 0 Å². The number of ether oxygens (including phenoxy) is 5. The standard InChI is InChI=1S/C37H39ClN2O5/c1-39-14-12-24-19-32(41-3)33-21-27(24)29(39)16-22-6-9-26(10-7-22)44-31-18-23(8-11-28(31)38)17-30-35-25(13-15-40(30)2)20-34(42-4)36(43-5)37(35)45-33/h6-11,18-21,29-30H,12-17H2,1-5H3/t29-,30+/m0/s1. The molecule has 0 spiro atoms. The zero-order chi connectivity index (χ0) is 31.2. The molecule has 0 N–H and O–H groups in total. The lowest BCUT2D eigenvalue weighted by Crippen LogP contribution is -2.34. The van der Waals surface area contributed by atoms with Gasteiger partial charge >= 0.3 is 0 Å². The SMILES string of the molecule is COc1cc2c3cc1Oc1c(OC)c(OC)cc4c1[C@@H](Cc1ccc(Cl)c(c1)Oc1ccc(cc1)C[C@@H]3N(C)CC2)N(C)CC4. The summed E-state index contributed by atoms with van der Waals surface area (Å²) in [4.78, 5) is 4.80. The Hall–Kier alpha value is -3.91. The molecule has 8 heteroatoms. The van der Waals surface area contributed by atoms with Crippen LogP contribution in [0.2, 0.25) is 5.02 Å². The van der Waals surface area contributed by atoms with Gasteiger partial charge in [0, 0.05) is 30.7 Å². The molecule has 0 radical (unpaired) electrons. The molecule has 4 heterocycles. The van der Waals surface area contributed by atoms with E-state index in [0.29, 0.717) is 39.5 Å². The summed E-state index contributed by atoms with van der Waals surface area (Å²) < 4.78 is 31.2. The van der Waals surface area contributed by atoms with Crippen LogP contribution in [0.3, 0.4) is 0 Å². The summed E-state index contributed by atoms with van der Waals surface area (Å²) in [5.74, 6) is 4.64. The molecule has 0 fully saturated rings. The van der Waals surface area contributed by atoms with Crippen LogP contribution >= 0.6 is 11.6 Å². The molecule has 45 heavy (non-hydrogen) atoms. The normalized spacial score (nSPS) is 19.4. The zero-order valence-electron chi connectivity index (χ0n) is 26.5. The van der Waals surface area contributed by atoms with Crippen molar-refractivity contribution in [1.82, 2.24) is 9.80 Å². The van der Waals surface area contributed by atoms with Crippen molar-refractivity contribution >= 4 is 11.6 Å². The third kappa shape index (κ3) is 5.47. The fourth-order valence-corrected chi connectivity index (χ4v) is 7.26. The van der Waals surface area contributed by atoms with Crippen molar-refractivity contribution in [2.24, 2.45) is 0 Å². The highest BCUT2D eigenvalue weighted by Gasteiger charge is 2.34. The van der Waals surface area contributed by atoms with Gasteiger partial charge in [0.2, 0.25) is 5.75 Å². The predicted molar refractivity (Wildman–Crippen MR) is 176 cm³/mol. The molecule has 0 saturated heterocycles. The van der Waals surface area contributed by atoms with Gasteiger partial charge < -0.3 is 23.7 Å². The molecule has 2 atom stereocenters. The average molecular weight is 627 g/mol. The first-order chi connectivity index (χ1) is 21.9. The monoisotopic (exact) mass is 626 g/mol. The lowest BCUT2D eigenvalue weighted by Gasteiger charge is -2.37. The van der Waals surface area contributed by atoms with Gasteiger partial charge in [-0.1, -0.05) is 29.8 Å². The highest BCUT2D eigenvalue weighted by molar-refractivity contribution is 6.32. The van der Waals surface area contributed by atoms with Crippen LogP contribution in [0.25, 0.3) is 0 Å². The summed E-state index contributed by atoms with van der Waals surface area (Å²) in [5, 5.41) is 0.576. The number of nitrogens with zero attached hydrogens (tertiary/aromatic N) is 2. The molecule has 4 aromatic rings. The highest BCUT2D eigenvalue weighted by atomic mass is 35.5. The summed E-state index contributed by atoms with van der Waals surface area (Å²) in [5.41, 5.74) is 7.12. The number of halogens is 1. The second-order valence-electron chi connectivity index (χ2n) is 12.2. The molecular weight excluding hydrogens is 588 g/mol. The van der Waals surface area contributed by atoms with Crippen LogP contribution < -0.4 is 23.7 Å². The number of likely N-dealkylation sites (N-methyl/N-ethyl adjacent to an activating group) is 2. The first-order valence-electron chi connectivity index (χ1n) is 15.5. The molecule has 7 nitrogen and oxygen atoms in total. The Morgan fingerprint density at radius 2 is 1.36 bits per heavy atom. The van der Waals surface area contributed by atoms with E-state index in [1.54, 1.807) is 21.3 Å². The van der Waals surface area contributed by atoms with E-state index >= 15 is 0 Å². The minimum atomic E-state index is -0.00162. The molecular formula is C37H39ClN2O5. The van der Waals surface area contributed by atoms with Crippen molar-refractivity contribution in [3.05, 3.63) is 99.1 Å². The van der Waals surface area contributed by atoms with Gasteiger partial charge in [0.1, 0.15) is 11.5 Å². The van der Waals surface area contributed by atoms with Crippen LogP contribution in [0.5, 0.6) is 40.2 Å². The van der Waals surface area contributed by atoms with Gasteiger partial charge in [-0.25, -0.2) is 0 Å². The van der Waals surface area contributed by atoms with Crippen LogP contribution in [-0.2, 0) is 25.7 Å². The smallest absolute Gasteiger partial charge is 0.204 e. The maximum Gasteiger partial charge on any atom is 0.204 e. The van der Waals surface area contributed by atoms with Crippen LogP contribution in [0, 0.1) is 0 Å². The zero-order valence-corrected chi connectivity index (χ0v) is 27.2. The Balaban J connectivity index is 1.47. The van der Waals surface area contributed by atoms with Crippen molar-refractivity contribution in [3.63, 3.8) is 0 Å². The van der Waals surface area contributed by atoms with E-state index in [4.69, 9.17) is 35.3 Å². The van der Waals surface area contributed by atoms with E-state index in [1.165, 1.54) is 22.3 Å². The Morgan fingerprint density at radius 1 is 0.689 bits per heavy atom. The predicted octanol–water partition coefficient (Wildman–Crippen LogP) is 7.81. The van der Waals surface area contributed by atoms with Crippen LogP contribution in [0.15, 0.2) is 60.7 Å². The van der Waals surface area contributed by atoms with E-state index in [1.807, 2.05) is 24.3 Å².